The standard InChI is InChI=1S/C11H14Cl2FN/c1-2-15(6-5-12)8-9-7-10(13)3-4-11(9)14/h3-4,7H,2,5-6,8H2,1H3. The van der Waals surface area contributed by atoms with E-state index in [2.05, 4.69) is 4.90 Å². The second kappa shape index (κ2) is 6.31. The van der Waals surface area contributed by atoms with Gasteiger partial charge < -0.3 is 0 Å². The number of hydrogen-bond acceptors (Lipinski definition) is 1. The van der Waals surface area contributed by atoms with E-state index in [4.69, 9.17) is 23.2 Å². The van der Waals surface area contributed by atoms with Crippen LogP contribution in [0.25, 0.3) is 0 Å². The first-order chi connectivity index (χ1) is 7.17. The van der Waals surface area contributed by atoms with Crippen molar-refractivity contribution in [2.75, 3.05) is 19.0 Å². The Labute approximate surface area is 99.8 Å². The Morgan fingerprint density at radius 2 is 2.13 bits per heavy atom. The molecule has 0 amide bonds. The van der Waals surface area contributed by atoms with Crippen molar-refractivity contribution in [3.8, 4) is 0 Å². The van der Waals surface area contributed by atoms with Crippen molar-refractivity contribution >= 4 is 23.2 Å². The number of rotatable bonds is 5. The maximum atomic E-state index is 13.4. The Hall–Kier alpha value is -0.310. The monoisotopic (exact) mass is 249 g/mol. The quantitative estimate of drug-likeness (QED) is 0.722. The number of alkyl halides is 1. The summed E-state index contributed by atoms with van der Waals surface area (Å²) in [6.07, 6.45) is 0. The molecule has 0 N–H and O–H groups in total. The fraction of sp³-hybridized carbons (Fsp3) is 0.455. The molecular weight excluding hydrogens is 236 g/mol. The highest BCUT2D eigenvalue weighted by Crippen LogP contribution is 2.16. The van der Waals surface area contributed by atoms with Gasteiger partial charge in [-0.25, -0.2) is 4.39 Å². The summed E-state index contributed by atoms with van der Waals surface area (Å²) in [6, 6.07) is 4.61. The zero-order valence-electron chi connectivity index (χ0n) is 8.64. The zero-order chi connectivity index (χ0) is 11.3. The van der Waals surface area contributed by atoms with Crippen molar-refractivity contribution in [1.82, 2.24) is 4.90 Å². The SMILES string of the molecule is CCN(CCCl)Cc1cc(Cl)ccc1F. The Morgan fingerprint density at radius 3 is 2.73 bits per heavy atom. The lowest BCUT2D eigenvalue weighted by atomic mass is 10.2. The summed E-state index contributed by atoms with van der Waals surface area (Å²) in [5.41, 5.74) is 0.620. The van der Waals surface area contributed by atoms with Gasteiger partial charge in [0.1, 0.15) is 5.82 Å². The van der Waals surface area contributed by atoms with Gasteiger partial charge in [0.05, 0.1) is 0 Å². The van der Waals surface area contributed by atoms with Crippen LogP contribution in [0.1, 0.15) is 12.5 Å². The number of nitrogens with zero attached hydrogens (tertiary/aromatic N) is 1. The molecule has 0 unspecified atom stereocenters. The predicted octanol–water partition coefficient (Wildman–Crippen LogP) is 3.54. The molecule has 84 valence electrons. The molecule has 4 heteroatoms. The fourth-order valence-electron chi connectivity index (χ4n) is 1.37. The van der Waals surface area contributed by atoms with Crippen LogP contribution in [0.15, 0.2) is 18.2 Å². The molecule has 0 saturated carbocycles. The van der Waals surface area contributed by atoms with Crippen LogP contribution in [-0.4, -0.2) is 23.9 Å². The molecule has 0 atom stereocenters. The summed E-state index contributed by atoms with van der Waals surface area (Å²) < 4.78 is 13.4. The fourth-order valence-corrected chi connectivity index (χ4v) is 1.81. The lowest BCUT2D eigenvalue weighted by molar-refractivity contribution is 0.293. The number of benzene rings is 1. The van der Waals surface area contributed by atoms with Gasteiger partial charge in [0.15, 0.2) is 0 Å². The first-order valence-electron chi connectivity index (χ1n) is 4.89. The van der Waals surface area contributed by atoms with Gasteiger partial charge in [-0.2, -0.15) is 0 Å². The average molecular weight is 250 g/mol. The normalized spacial score (nSPS) is 11.0. The van der Waals surface area contributed by atoms with Gasteiger partial charge in [0.25, 0.3) is 0 Å². The molecule has 0 radical (unpaired) electrons. The highest BCUT2D eigenvalue weighted by atomic mass is 35.5. The highest BCUT2D eigenvalue weighted by molar-refractivity contribution is 6.30. The molecule has 1 aromatic rings. The lowest BCUT2D eigenvalue weighted by Gasteiger charge is -2.19. The third kappa shape index (κ3) is 3.98. The van der Waals surface area contributed by atoms with Crippen LogP contribution in [-0.2, 0) is 6.54 Å². The first-order valence-corrected chi connectivity index (χ1v) is 5.81. The minimum absolute atomic E-state index is 0.215. The van der Waals surface area contributed by atoms with E-state index in [1.54, 1.807) is 12.1 Å². The van der Waals surface area contributed by atoms with Crippen molar-refractivity contribution < 1.29 is 4.39 Å². The van der Waals surface area contributed by atoms with Gasteiger partial charge in [-0.3, -0.25) is 4.90 Å². The van der Waals surface area contributed by atoms with Crippen LogP contribution < -0.4 is 0 Å². The lowest BCUT2D eigenvalue weighted by Crippen LogP contribution is -2.25. The van der Waals surface area contributed by atoms with E-state index in [1.165, 1.54) is 6.07 Å². The Balaban J connectivity index is 2.73. The van der Waals surface area contributed by atoms with Crippen molar-refractivity contribution in [2.24, 2.45) is 0 Å². The number of hydrogen-bond donors (Lipinski definition) is 0. The van der Waals surface area contributed by atoms with E-state index in [9.17, 15) is 4.39 Å². The number of halogens is 3. The highest BCUT2D eigenvalue weighted by Gasteiger charge is 2.07. The van der Waals surface area contributed by atoms with Crippen LogP contribution in [0, 0.1) is 5.82 Å². The van der Waals surface area contributed by atoms with Crippen molar-refractivity contribution in [2.45, 2.75) is 13.5 Å². The van der Waals surface area contributed by atoms with Gasteiger partial charge in [0.2, 0.25) is 0 Å². The summed E-state index contributed by atoms with van der Waals surface area (Å²) in [5, 5.41) is 0.563. The van der Waals surface area contributed by atoms with Crippen LogP contribution in [0.3, 0.4) is 0 Å². The van der Waals surface area contributed by atoms with E-state index in [0.717, 1.165) is 13.1 Å². The Kier molecular flexibility index (Phi) is 5.37. The third-order valence-electron chi connectivity index (χ3n) is 2.25. The minimum Gasteiger partial charge on any atom is -0.298 e. The first kappa shape index (κ1) is 12.8. The summed E-state index contributed by atoms with van der Waals surface area (Å²) in [4.78, 5) is 2.07. The van der Waals surface area contributed by atoms with Crippen LogP contribution in [0.5, 0.6) is 0 Å². The molecule has 0 bridgehead atoms. The molecule has 0 aliphatic carbocycles. The van der Waals surface area contributed by atoms with Gasteiger partial charge in [-0.05, 0) is 24.7 Å². The second-order valence-electron chi connectivity index (χ2n) is 3.29. The summed E-state index contributed by atoms with van der Waals surface area (Å²) in [5.74, 6) is 0.336. The van der Waals surface area contributed by atoms with Crippen molar-refractivity contribution in [3.05, 3.63) is 34.6 Å². The molecule has 0 aromatic heterocycles. The van der Waals surface area contributed by atoms with Crippen molar-refractivity contribution in [3.63, 3.8) is 0 Å². The molecule has 1 aromatic carbocycles. The molecule has 0 spiro atoms. The van der Waals surface area contributed by atoms with E-state index in [1.807, 2.05) is 6.92 Å². The Morgan fingerprint density at radius 1 is 1.40 bits per heavy atom. The molecule has 0 aliphatic rings. The van der Waals surface area contributed by atoms with E-state index in [-0.39, 0.29) is 5.82 Å². The van der Waals surface area contributed by atoms with E-state index in [0.29, 0.717) is 23.0 Å². The third-order valence-corrected chi connectivity index (χ3v) is 2.65. The average Bonchev–Trinajstić information content (AvgIpc) is 2.22. The van der Waals surface area contributed by atoms with Crippen LogP contribution >= 0.6 is 23.2 Å². The minimum atomic E-state index is -0.215. The molecule has 1 nitrogen and oxygen atoms in total. The molecule has 15 heavy (non-hydrogen) atoms. The summed E-state index contributed by atoms with van der Waals surface area (Å²) in [7, 11) is 0. The molecule has 1 rings (SSSR count). The molecule has 0 heterocycles. The van der Waals surface area contributed by atoms with Crippen molar-refractivity contribution in [1.29, 1.82) is 0 Å². The molecule has 0 fully saturated rings. The van der Waals surface area contributed by atoms with Gasteiger partial charge >= 0.3 is 0 Å². The largest absolute Gasteiger partial charge is 0.298 e. The Bertz CT molecular complexity index is 317. The molecule has 0 saturated heterocycles. The maximum absolute atomic E-state index is 13.4. The van der Waals surface area contributed by atoms with E-state index >= 15 is 0 Å². The maximum Gasteiger partial charge on any atom is 0.127 e. The van der Waals surface area contributed by atoms with Gasteiger partial charge in [-0.15, -0.1) is 11.6 Å². The second-order valence-corrected chi connectivity index (χ2v) is 4.11. The van der Waals surface area contributed by atoms with Gasteiger partial charge in [0, 0.05) is 29.6 Å². The summed E-state index contributed by atoms with van der Waals surface area (Å²) >= 11 is 11.5. The smallest absolute Gasteiger partial charge is 0.127 e. The topological polar surface area (TPSA) is 3.24 Å². The van der Waals surface area contributed by atoms with Gasteiger partial charge in [-0.1, -0.05) is 18.5 Å². The van der Waals surface area contributed by atoms with Crippen LogP contribution in [0.4, 0.5) is 4.39 Å². The molecular formula is C11H14Cl2FN. The predicted molar refractivity (Wildman–Crippen MR) is 63.1 cm³/mol. The van der Waals surface area contributed by atoms with Crippen LogP contribution in [0.2, 0.25) is 5.02 Å². The zero-order valence-corrected chi connectivity index (χ0v) is 10.2. The van der Waals surface area contributed by atoms with E-state index < -0.39 is 0 Å². The molecule has 0 aliphatic heterocycles. The summed E-state index contributed by atoms with van der Waals surface area (Å²) in [6.45, 7) is 4.17.